The molecule has 16 heavy (non-hydrogen) atoms. The van der Waals surface area contributed by atoms with Gasteiger partial charge in [0.2, 0.25) is 0 Å². The maximum Gasteiger partial charge on any atom is 0.326 e. The fourth-order valence-corrected chi connectivity index (χ4v) is 1.06. The van der Waals surface area contributed by atoms with E-state index in [4.69, 9.17) is 4.74 Å². The number of carbonyl (C=O) groups excluding carboxylic acids is 3. The van der Waals surface area contributed by atoms with Gasteiger partial charge in [-0.25, -0.2) is 0 Å². The summed E-state index contributed by atoms with van der Waals surface area (Å²) in [7, 11) is 0. The van der Waals surface area contributed by atoms with Crippen LogP contribution in [0, 0.1) is 5.41 Å². The van der Waals surface area contributed by atoms with E-state index in [9.17, 15) is 14.4 Å². The average molecular weight is 225 g/mol. The minimum absolute atomic E-state index is 0.132. The third-order valence-electron chi connectivity index (χ3n) is 1.85. The maximum absolute atomic E-state index is 11.3. The molecule has 1 heterocycles. The molecule has 1 aliphatic heterocycles. The van der Waals surface area contributed by atoms with E-state index < -0.39 is 17.8 Å². The summed E-state index contributed by atoms with van der Waals surface area (Å²) in [6.45, 7) is 5.71. The van der Waals surface area contributed by atoms with Crippen molar-refractivity contribution in [1.82, 2.24) is 4.90 Å². The number of hydrogen-bond donors (Lipinski definition) is 0. The van der Waals surface area contributed by atoms with E-state index in [0.29, 0.717) is 0 Å². The lowest BCUT2D eigenvalue weighted by Crippen LogP contribution is -2.36. The number of hydrogen-bond acceptors (Lipinski definition) is 4. The third-order valence-corrected chi connectivity index (χ3v) is 1.85. The van der Waals surface area contributed by atoms with Crippen molar-refractivity contribution in [3.63, 3.8) is 0 Å². The van der Waals surface area contributed by atoms with Gasteiger partial charge in [0.25, 0.3) is 11.8 Å². The number of rotatable bonds is 3. The predicted octanol–water partition coefficient (Wildman–Crippen LogP) is 0.501. The zero-order valence-electron chi connectivity index (χ0n) is 9.65. The Kier molecular flexibility index (Phi) is 3.47. The number of nitrogens with zero attached hydrogens (tertiary/aromatic N) is 1. The zero-order chi connectivity index (χ0) is 12.3. The monoisotopic (exact) mass is 225 g/mol. The standard InChI is InChI=1S/C11H15NO4/c1-11(2,3)7-16-10(15)6-12-8(13)4-5-9(12)14/h4-5H,6-7H2,1-3H3. The van der Waals surface area contributed by atoms with Crippen molar-refractivity contribution in [2.75, 3.05) is 13.2 Å². The van der Waals surface area contributed by atoms with Crippen molar-refractivity contribution in [2.24, 2.45) is 5.41 Å². The summed E-state index contributed by atoms with van der Waals surface area (Å²) in [5.74, 6) is -1.52. The lowest BCUT2D eigenvalue weighted by atomic mass is 9.99. The first-order valence-electron chi connectivity index (χ1n) is 4.99. The smallest absolute Gasteiger partial charge is 0.326 e. The lowest BCUT2D eigenvalue weighted by molar-refractivity contribution is -0.153. The second-order valence-corrected chi connectivity index (χ2v) is 4.82. The molecule has 0 saturated carbocycles. The normalized spacial score (nSPS) is 15.8. The Bertz CT molecular complexity index is 333. The first-order chi connectivity index (χ1) is 7.29. The Morgan fingerprint density at radius 1 is 1.25 bits per heavy atom. The van der Waals surface area contributed by atoms with Crippen LogP contribution < -0.4 is 0 Å². The van der Waals surface area contributed by atoms with Crippen LogP contribution in [0.5, 0.6) is 0 Å². The van der Waals surface area contributed by atoms with Gasteiger partial charge in [0.15, 0.2) is 0 Å². The average Bonchev–Trinajstić information content (AvgIpc) is 2.45. The summed E-state index contributed by atoms with van der Waals surface area (Å²) < 4.78 is 4.95. The van der Waals surface area contributed by atoms with E-state index in [1.165, 1.54) is 0 Å². The zero-order valence-corrected chi connectivity index (χ0v) is 9.65. The van der Waals surface area contributed by atoms with Gasteiger partial charge in [0, 0.05) is 12.2 Å². The molecular formula is C11H15NO4. The predicted molar refractivity (Wildman–Crippen MR) is 56.3 cm³/mol. The topological polar surface area (TPSA) is 63.7 Å². The molecule has 5 nitrogen and oxygen atoms in total. The molecule has 0 aromatic rings. The Balaban J connectivity index is 2.41. The number of amides is 2. The molecule has 0 aromatic carbocycles. The van der Waals surface area contributed by atoms with Crippen molar-refractivity contribution in [3.8, 4) is 0 Å². The third kappa shape index (κ3) is 3.49. The van der Waals surface area contributed by atoms with Gasteiger partial charge in [-0.05, 0) is 5.41 Å². The molecule has 5 heteroatoms. The van der Waals surface area contributed by atoms with Gasteiger partial charge in [0.1, 0.15) is 6.54 Å². The molecule has 0 unspecified atom stereocenters. The SMILES string of the molecule is CC(C)(C)COC(=O)CN1C(=O)C=CC1=O. The summed E-state index contributed by atoms with van der Waals surface area (Å²) >= 11 is 0. The van der Waals surface area contributed by atoms with Gasteiger partial charge >= 0.3 is 5.97 Å². The van der Waals surface area contributed by atoms with Crippen LogP contribution in [0.2, 0.25) is 0 Å². The molecule has 1 aliphatic rings. The first-order valence-corrected chi connectivity index (χ1v) is 4.99. The quantitative estimate of drug-likeness (QED) is 0.518. The number of imide groups is 1. The summed E-state index contributed by atoms with van der Waals surface area (Å²) in [5.41, 5.74) is -0.132. The lowest BCUT2D eigenvalue weighted by Gasteiger charge is -2.19. The minimum atomic E-state index is -0.569. The van der Waals surface area contributed by atoms with Gasteiger partial charge < -0.3 is 4.74 Å². The van der Waals surface area contributed by atoms with Gasteiger partial charge in [-0.1, -0.05) is 20.8 Å². The van der Waals surface area contributed by atoms with Crippen LogP contribution in [-0.2, 0) is 19.1 Å². The Labute approximate surface area is 94.1 Å². The molecule has 2 amide bonds. The van der Waals surface area contributed by atoms with Crippen molar-refractivity contribution in [3.05, 3.63) is 12.2 Å². The molecule has 88 valence electrons. The molecule has 0 aromatic heterocycles. The number of ether oxygens (including phenoxy) is 1. The van der Waals surface area contributed by atoms with Crippen LogP contribution in [0.1, 0.15) is 20.8 Å². The second kappa shape index (κ2) is 4.47. The summed E-state index contributed by atoms with van der Waals surface area (Å²) in [6, 6.07) is 0. The molecule has 0 spiro atoms. The summed E-state index contributed by atoms with van der Waals surface area (Å²) in [4.78, 5) is 34.5. The fraction of sp³-hybridized carbons (Fsp3) is 0.545. The van der Waals surface area contributed by atoms with E-state index in [-0.39, 0.29) is 18.6 Å². The van der Waals surface area contributed by atoms with Crippen LogP contribution in [0.3, 0.4) is 0 Å². The van der Waals surface area contributed by atoms with Crippen LogP contribution >= 0.6 is 0 Å². The van der Waals surface area contributed by atoms with Crippen molar-refractivity contribution in [2.45, 2.75) is 20.8 Å². The van der Waals surface area contributed by atoms with E-state index in [1.54, 1.807) is 0 Å². The van der Waals surface area contributed by atoms with Crippen LogP contribution in [0.15, 0.2) is 12.2 Å². The molecular weight excluding hydrogens is 210 g/mol. The Morgan fingerprint density at radius 3 is 2.19 bits per heavy atom. The number of carbonyl (C=O) groups is 3. The van der Waals surface area contributed by atoms with Gasteiger partial charge in [-0.15, -0.1) is 0 Å². The van der Waals surface area contributed by atoms with Gasteiger partial charge in [0.05, 0.1) is 6.61 Å². The molecule has 1 rings (SSSR count). The molecule has 0 radical (unpaired) electrons. The van der Waals surface area contributed by atoms with E-state index in [0.717, 1.165) is 17.1 Å². The highest BCUT2D eigenvalue weighted by Crippen LogP contribution is 2.13. The summed E-state index contributed by atoms with van der Waals surface area (Å²) in [6.07, 6.45) is 2.28. The summed E-state index contributed by atoms with van der Waals surface area (Å²) in [5, 5.41) is 0. The Hall–Kier alpha value is -1.65. The highest BCUT2D eigenvalue weighted by atomic mass is 16.5. The molecule has 0 bridgehead atoms. The highest BCUT2D eigenvalue weighted by Gasteiger charge is 2.26. The van der Waals surface area contributed by atoms with Crippen LogP contribution in [-0.4, -0.2) is 35.8 Å². The molecule has 0 atom stereocenters. The van der Waals surface area contributed by atoms with Crippen molar-refractivity contribution in [1.29, 1.82) is 0 Å². The van der Waals surface area contributed by atoms with Crippen LogP contribution in [0.4, 0.5) is 0 Å². The van der Waals surface area contributed by atoms with Crippen molar-refractivity contribution < 1.29 is 19.1 Å². The van der Waals surface area contributed by atoms with Crippen molar-refractivity contribution >= 4 is 17.8 Å². The second-order valence-electron chi connectivity index (χ2n) is 4.82. The maximum atomic E-state index is 11.3. The largest absolute Gasteiger partial charge is 0.464 e. The van der Waals surface area contributed by atoms with Gasteiger partial charge in [-0.3, -0.25) is 19.3 Å². The number of esters is 1. The first kappa shape index (κ1) is 12.4. The minimum Gasteiger partial charge on any atom is -0.464 e. The molecule has 0 fully saturated rings. The van der Waals surface area contributed by atoms with Crippen LogP contribution in [0.25, 0.3) is 0 Å². The molecule has 0 N–H and O–H groups in total. The van der Waals surface area contributed by atoms with E-state index in [1.807, 2.05) is 20.8 Å². The highest BCUT2D eigenvalue weighted by molar-refractivity contribution is 6.14. The fourth-order valence-electron chi connectivity index (χ4n) is 1.06. The van der Waals surface area contributed by atoms with Gasteiger partial charge in [-0.2, -0.15) is 0 Å². The van der Waals surface area contributed by atoms with E-state index >= 15 is 0 Å². The molecule has 0 aliphatic carbocycles. The Morgan fingerprint density at radius 2 is 1.75 bits per heavy atom. The molecule has 0 saturated heterocycles. The van der Waals surface area contributed by atoms with E-state index in [2.05, 4.69) is 0 Å².